The van der Waals surface area contributed by atoms with Gasteiger partial charge in [-0.15, -0.1) is 11.6 Å². The standard InChI is InChI=1S/C10H13ClF2N2/c1-7-3-5-15(14-7)9-2-4-10(12,13)6-8(9)11/h3,5,8-9H,2,4,6H2,1H3. The largest absolute Gasteiger partial charge is 0.268 e. The highest BCUT2D eigenvalue weighted by Crippen LogP contribution is 2.40. The van der Waals surface area contributed by atoms with Gasteiger partial charge in [0.05, 0.1) is 17.1 Å². The normalized spacial score (nSPS) is 30.4. The molecule has 0 bridgehead atoms. The SMILES string of the molecule is Cc1ccn(C2CCC(F)(F)CC2Cl)n1. The second-order valence-corrected chi connectivity index (χ2v) is 4.68. The van der Waals surface area contributed by atoms with Crippen LogP contribution in [0.15, 0.2) is 12.3 Å². The van der Waals surface area contributed by atoms with E-state index >= 15 is 0 Å². The van der Waals surface area contributed by atoms with Crippen molar-refractivity contribution in [3.63, 3.8) is 0 Å². The van der Waals surface area contributed by atoms with Gasteiger partial charge in [-0.2, -0.15) is 5.10 Å². The van der Waals surface area contributed by atoms with Crippen molar-refractivity contribution in [1.82, 2.24) is 9.78 Å². The molecule has 15 heavy (non-hydrogen) atoms. The van der Waals surface area contributed by atoms with Crippen molar-refractivity contribution in [3.05, 3.63) is 18.0 Å². The van der Waals surface area contributed by atoms with Crippen LogP contribution in [-0.2, 0) is 0 Å². The highest BCUT2D eigenvalue weighted by atomic mass is 35.5. The molecule has 1 aromatic heterocycles. The fourth-order valence-electron chi connectivity index (χ4n) is 1.98. The van der Waals surface area contributed by atoms with Gasteiger partial charge in [-0.05, 0) is 19.4 Å². The Kier molecular flexibility index (Phi) is 2.71. The summed E-state index contributed by atoms with van der Waals surface area (Å²) in [5, 5.41) is 3.69. The Balaban J connectivity index is 2.12. The van der Waals surface area contributed by atoms with Gasteiger partial charge in [-0.25, -0.2) is 8.78 Å². The fourth-order valence-corrected chi connectivity index (χ4v) is 2.45. The molecule has 0 aromatic carbocycles. The molecular weight excluding hydrogens is 222 g/mol. The van der Waals surface area contributed by atoms with Crippen LogP contribution in [0.2, 0.25) is 0 Å². The van der Waals surface area contributed by atoms with Gasteiger partial charge in [0.25, 0.3) is 0 Å². The molecule has 2 unspecified atom stereocenters. The van der Waals surface area contributed by atoms with Gasteiger partial charge in [-0.1, -0.05) is 0 Å². The van der Waals surface area contributed by atoms with Gasteiger partial charge in [-0.3, -0.25) is 4.68 Å². The van der Waals surface area contributed by atoms with E-state index in [9.17, 15) is 8.78 Å². The minimum atomic E-state index is -2.61. The first-order valence-corrected chi connectivity index (χ1v) is 5.45. The average Bonchev–Trinajstić information content (AvgIpc) is 2.50. The maximum atomic E-state index is 13.0. The monoisotopic (exact) mass is 234 g/mol. The number of hydrogen-bond donors (Lipinski definition) is 0. The van der Waals surface area contributed by atoms with Gasteiger partial charge in [0.2, 0.25) is 5.92 Å². The predicted molar refractivity (Wildman–Crippen MR) is 54.4 cm³/mol. The van der Waals surface area contributed by atoms with Crippen molar-refractivity contribution >= 4 is 11.6 Å². The van der Waals surface area contributed by atoms with E-state index < -0.39 is 11.3 Å². The smallest absolute Gasteiger partial charge is 0.249 e. The fraction of sp³-hybridized carbons (Fsp3) is 0.700. The van der Waals surface area contributed by atoms with Crippen LogP contribution in [0.25, 0.3) is 0 Å². The maximum Gasteiger partial charge on any atom is 0.249 e. The minimum Gasteiger partial charge on any atom is -0.268 e. The molecule has 0 aliphatic heterocycles. The van der Waals surface area contributed by atoms with E-state index in [1.807, 2.05) is 13.0 Å². The van der Waals surface area contributed by atoms with Crippen molar-refractivity contribution in [1.29, 1.82) is 0 Å². The highest BCUT2D eigenvalue weighted by Gasteiger charge is 2.41. The third kappa shape index (κ3) is 2.30. The zero-order chi connectivity index (χ0) is 11.1. The second-order valence-electron chi connectivity index (χ2n) is 4.12. The quantitative estimate of drug-likeness (QED) is 0.683. The van der Waals surface area contributed by atoms with Crippen LogP contribution in [0.4, 0.5) is 8.78 Å². The third-order valence-electron chi connectivity index (χ3n) is 2.80. The first kappa shape index (κ1) is 10.9. The zero-order valence-corrected chi connectivity index (χ0v) is 9.21. The van der Waals surface area contributed by atoms with Crippen LogP contribution in [0.3, 0.4) is 0 Å². The number of aryl methyl sites for hydroxylation is 1. The summed E-state index contributed by atoms with van der Waals surface area (Å²) in [5.74, 6) is -2.61. The van der Waals surface area contributed by atoms with Crippen LogP contribution in [-0.4, -0.2) is 21.1 Å². The van der Waals surface area contributed by atoms with Crippen molar-refractivity contribution in [2.45, 2.75) is 43.5 Å². The van der Waals surface area contributed by atoms with Gasteiger partial charge in [0.15, 0.2) is 0 Å². The second kappa shape index (κ2) is 3.74. The van der Waals surface area contributed by atoms with Crippen LogP contribution < -0.4 is 0 Å². The van der Waals surface area contributed by atoms with Crippen LogP contribution >= 0.6 is 11.6 Å². The summed E-state index contributed by atoms with van der Waals surface area (Å²) < 4.78 is 27.8. The van der Waals surface area contributed by atoms with E-state index in [0.29, 0.717) is 6.42 Å². The lowest BCUT2D eigenvalue weighted by Gasteiger charge is -2.32. The molecule has 0 spiro atoms. The van der Waals surface area contributed by atoms with Gasteiger partial charge >= 0.3 is 0 Å². The van der Waals surface area contributed by atoms with Crippen molar-refractivity contribution in [2.24, 2.45) is 0 Å². The average molecular weight is 235 g/mol. The van der Waals surface area contributed by atoms with E-state index in [2.05, 4.69) is 5.10 Å². The number of hydrogen-bond acceptors (Lipinski definition) is 1. The lowest BCUT2D eigenvalue weighted by molar-refractivity contribution is -0.0431. The zero-order valence-electron chi connectivity index (χ0n) is 8.46. The van der Waals surface area contributed by atoms with E-state index in [4.69, 9.17) is 11.6 Å². The Bertz CT molecular complexity index is 351. The van der Waals surface area contributed by atoms with Gasteiger partial charge in [0, 0.05) is 19.0 Å². The van der Waals surface area contributed by atoms with E-state index in [1.165, 1.54) is 0 Å². The lowest BCUT2D eigenvalue weighted by Crippen LogP contribution is -2.34. The Morgan fingerprint density at radius 3 is 2.87 bits per heavy atom. The van der Waals surface area contributed by atoms with Crippen molar-refractivity contribution < 1.29 is 8.78 Å². The molecule has 2 atom stereocenters. The Morgan fingerprint density at radius 1 is 1.60 bits per heavy atom. The molecule has 1 heterocycles. The summed E-state index contributed by atoms with van der Waals surface area (Å²) in [6.45, 7) is 1.87. The van der Waals surface area contributed by atoms with E-state index in [1.54, 1.807) is 10.9 Å². The van der Waals surface area contributed by atoms with Crippen LogP contribution in [0.5, 0.6) is 0 Å². The summed E-state index contributed by atoms with van der Waals surface area (Å²) in [6, 6.07) is 1.76. The summed E-state index contributed by atoms with van der Waals surface area (Å²) >= 11 is 5.97. The summed E-state index contributed by atoms with van der Waals surface area (Å²) in [7, 11) is 0. The number of halogens is 3. The molecule has 1 fully saturated rings. The molecule has 0 radical (unpaired) electrons. The molecule has 0 N–H and O–H groups in total. The van der Waals surface area contributed by atoms with E-state index in [-0.39, 0.29) is 18.9 Å². The molecule has 1 aliphatic carbocycles. The van der Waals surface area contributed by atoms with Crippen molar-refractivity contribution in [3.8, 4) is 0 Å². The summed E-state index contributed by atoms with van der Waals surface area (Å²) in [4.78, 5) is 0. The number of nitrogens with zero attached hydrogens (tertiary/aromatic N) is 2. The number of alkyl halides is 3. The first-order chi connectivity index (χ1) is 6.98. The van der Waals surface area contributed by atoms with Crippen molar-refractivity contribution in [2.75, 3.05) is 0 Å². The first-order valence-electron chi connectivity index (χ1n) is 5.02. The molecule has 5 heteroatoms. The highest BCUT2D eigenvalue weighted by molar-refractivity contribution is 6.21. The lowest BCUT2D eigenvalue weighted by atomic mass is 9.92. The minimum absolute atomic E-state index is 0.0972. The molecule has 1 aliphatic rings. The van der Waals surface area contributed by atoms with Gasteiger partial charge in [0.1, 0.15) is 0 Å². The Labute approximate surface area is 92.2 Å². The topological polar surface area (TPSA) is 17.8 Å². The third-order valence-corrected chi connectivity index (χ3v) is 3.24. The van der Waals surface area contributed by atoms with Gasteiger partial charge < -0.3 is 0 Å². The predicted octanol–water partition coefficient (Wildman–Crippen LogP) is 3.16. The summed E-state index contributed by atoms with van der Waals surface area (Å²) in [5.41, 5.74) is 0.885. The summed E-state index contributed by atoms with van der Waals surface area (Å²) in [6.07, 6.45) is 1.85. The number of aromatic nitrogens is 2. The molecule has 1 aromatic rings. The number of rotatable bonds is 1. The van der Waals surface area contributed by atoms with Crippen LogP contribution in [0.1, 0.15) is 31.0 Å². The Morgan fingerprint density at radius 2 is 2.33 bits per heavy atom. The molecule has 2 rings (SSSR count). The molecule has 1 saturated carbocycles. The molecule has 2 nitrogen and oxygen atoms in total. The molecule has 0 amide bonds. The molecule has 84 valence electrons. The maximum absolute atomic E-state index is 13.0. The van der Waals surface area contributed by atoms with Crippen LogP contribution in [0, 0.1) is 6.92 Å². The van der Waals surface area contributed by atoms with E-state index in [0.717, 1.165) is 5.69 Å². The Hall–Kier alpha value is -0.640. The molecular formula is C10H13ClF2N2. The molecule has 0 saturated heterocycles.